The summed E-state index contributed by atoms with van der Waals surface area (Å²) in [6.07, 6.45) is 0.519. The average molecular weight is 529 g/mol. The van der Waals surface area contributed by atoms with E-state index in [1.54, 1.807) is 24.3 Å². The van der Waals surface area contributed by atoms with Gasteiger partial charge in [0, 0.05) is 19.4 Å². The summed E-state index contributed by atoms with van der Waals surface area (Å²) in [7, 11) is 0. The number of benzene rings is 2. The Bertz CT molecular complexity index is 1160. The van der Waals surface area contributed by atoms with Crippen molar-refractivity contribution in [1.29, 1.82) is 0 Å². The van der Waals surface area contributed by atoms with Gasteiger partial charge in [0.05, 0.1) is 18.7 Å². The molecule has 2 aromatic rings. The zero-order valence-electron chi connectivity index (χ0n) is 21.0. The summed E-state index contributed by atoms with van der Waals surface area (Å²) in [6.45, 7) is -0.161. The van der Waals surface area contributed by atoms with Crippen molar-refractivity contribution >= 4 is 17.7 Å². The minimum Gasteiger partial charge on any atom is -0.508 e. The van der Waals surface area contributed by atoms with Gasteiger partial charge in [-0.05, 0) is 65.9 Å². The molecule has 0 saturated heterocycles. The van der Waals surface area contributed by atoms with Gasteiger partial charge in [0.15, 0.2) is 0 Å². The Labute approximate surface area is 220 Å². The third kappa shape index (κ3) is 7.19. The highest BCUT2D eigenvalue weighted by molar-refractivity contribution is 5.93. The second-order valence-corrected chi connectivity index (χ2v) is 9.38. The molecule has 0 saturated carbocycles. The number of aliphatic hydroxyl groups is 1. The summed E-state index contributed by atoms with van der Waals surface area (Å²) in [5, 5.41) is 38.4. The number of phenols is 2. The SMILES string of the molecule is NCCC[C@H]1NC(=O)[C@@H](N)Cc2cc(ccc2O)-c2ccc(O)c(c2)C[C@H](C(=O)N[C@@H](CN)CO)NC1=O. The molecule has 0 spiro atoms. The number of hydrogen-bond acceptors (Lipinski definition) is 9. The van der Waals surface area contributed by atoms with Gasteiger partial charge in [0.2, 0.25) is 17.7 Å². The number of amides is 3. The Morgan fingerprint density at radius 1 is 0.974 bits per heavy atom. The lowest BCUT2D eigenvalue weighted by Gasteiger charge is -2.25. The van der Waals surface area contributed by atoms with Gasteiger partial charge in [-0.2, -0.15) is 0 Å². The van der Waals surface area contributed by atoms with E-state index < -0.39 is 48.5 Å². The smallest absolute Gasteiger partial charge is 0.243 e. The molecule has 12 N–H and O–H groups in total. The summed E-state index contributed by atoms with van der Waals surface area (Å²) in [4.78, 5) is 39.4. The van der Waals surface area contributed by atoms with Crippen molar-refractivity contribution < 1.29 is 29.7 Å². The van der Waals surface area contributed by atoms with Crippen LogP contribution >= 0.6 is 0 Å². The number of rotatable bonds is 7. The molecule has 206 valence electrons. The van der Waals surface area contributed by atoms with E-state index in [0.717, 1.165) is 0 Å². The Hall–Kier alpha value is -3.71. The highest BCUT2D eigenvalue weighted by Gasteiger charge is 2.30. The second-order valence-electron chi connectivity index (χ2n) is 9.38. The largest absolute Gasteiger partial charge is 0.508 e. The molecule has 0 aliphatic carbocycles. The van der Waals surface area contributed by atoms with E-state index in [9.17, 15) is 29.7 Å². The second kappa shape index (κ2) is 13.2. The van der Waals surface area contributed by atoms with Gasteiger partial charge >= 0.3 is 0 Å². The molecule has 38 heavy (non-hydrogen) atoms. The van der Waals surface area contributed by atoms with E-state index in [-0.39, 0.29) is 43.9 Å². The molecule has 0 radical (unpaired) electrons. The topological polar surface area (TPSA) is 226 Å². The molecule has 4 bridgehead atoms. The maximum Gasteiger partial charge on any atom is 0.243 e. The van der Waals surface area contributed by atoms with Crippen LogP contribution in [0.5, 0.6) is 11.5 Å². The van der Waals surface area contributed by atoms with Crippen molar-refractivity contribution in [1.82, 2.24) is 16.0 Å². The van der Waals surface area contributed by atoms with Crippen molar-refractivity contribution in [2.45, 2.75) is 49.9 Å². The lowest BCUT2D eigenvalue weighted by molar-refractivity contribution is -0.132. The first-order valence-corrected chi connectivity index (χ1v) is 12.5. The predicted molar refractivity (Wildman–Crippen MR) is 141 cm³/mol. The highest BCUT2D eigenvalue weighted by Crippen LogP contribution is 2.30. The fourth-order valence-corrected chi connectivity index (χ4v) is 4.24. The average Bonchev–Trinajstić information content (AvgIpc) is 2.90. The van der Waals surface area contributed by atoms with Crippen LogP contribution in [0.2, 0.25) is 0 Å². The number of aliphatic hydroxyl groups excluding tert-OH is 1. The molecular formula is C26H36N6O6. The number of aromatic hydroxyl groups is 2. The molecule has 4 atom stereocenters. The molecular weight excluding hydrogens is 492 g/mol. The van der Waals surface area contributed by atoms with E-state index in [1.807, 2.05) is 0 Å². The number of carbonyl (C=O) groups is 3. The van der Waals surface area contributed by atoms with Crippen LogP contribution in [0.4, 0.5) is 0 Å². The van der Waals surface area contributed by atoms with Gasteiger partial charge in [-0.1, -0.05) is 12.1 Å². The lowest BCUT2D eigenvalue weighted by atomic mass is 9.95. The van der Waals surface area contributed by atoms with Gasteiger partial charge in [-0.3, -0.25) is 14.4 Å². The van der Waals surface area contributed by atoms with Crippen LogP contribution in [0.1, 0.15) is 24.0 Å². The van der Waals surface area contributed by atoms with Crippen LogP contribution in [0, 0.1) is 0 Å². The first-order valence-electron chi connectivity index (χ1n) is 12.5. The monoisotopic (exact) mass is 528 g/mol. The Balaban J connectivity index is 2.08. The van der Waals surface area contributed by atoms with E-state index in [4.69, 9.17) is 17.2 Å². The summed E-state index contributed by atoms with van der Waals surface area (Å²) in [5.74, 6) is -1.99. The van der Waals surface area contributed by atoms with E-state index in [2.05, 4.69) is 16.0 Å². The van der Waals surface area contributed by atoms with Crippen molar-refractivity contribution in [2.75, 3.05) is 19.7 Å². The van der Waals surface area contributed by atoms with Crippen LogP contribution in [0.25, 0.3) is 11.1 Å². The van der Waals surface area contributed by atoms with Gasteiger partial charge in [-0.15, -0.1) is 0 Å². The molecule has 1 heterocycles. The van der Waals surface area contributed by atoms with E-state index in [1.165, 1.54) is 12.1 Å². The molecule has 12 heteroatoms. The quantitative estimate of drug-likeness (QED) is 0.200. The molecule has 2 aromatic carbocycles. The third-order valence-electron chi connectivity index (χ3n) is 6.51. The predicted octanol–water partition coefficient (Wildman–Crippen LogP) is -1.66. The summed E-state index contributed by atoms with van der Waals surface area (Å²) < 4.78 is 0. The Morgan fingerprint density at radius 2 is 1.58 bits per heavy atom. The number of nitrogens with one attached hydrogen (secondary N) is 3. The summed E-state index contributed by atoms with van der Waals surface area (Å²) >= 11 is 0. The Kier molecular flexibility index (Phi) is 10.0. The van der Waals surface area contributed by atoms with Crippen molar-refractivity contribution in [3.63, 3.8) is 0 Å². The van der Waals surface area contributed by atoms with Crippen molar-refractivity contribution in [2.24, 2.45) is 17.2 Å². The number of carbonyl (C=O) groups excluding carboxylic acids is 3. The van der Waals surface area contributed by atoms with Crippen molar-refractivity contribution in [3.05, 3.63) is 47.5 Å². The molecule has 1 aliphatic heterocycles. The minimum atomic E-state index is -1.17. The molecule has 3 amide bonds. The lowest BCUT2D eigenvalue weighted by Crippen LogP contribution is -2.58. The van der Waals surface area contributed by atoms with Crippen LogP contribution in [-0.4, -0.2) is 76.9 Å². The van der Waals surface area contributed by atoms with Crippen LogP contribution < -0.4 is 33.2 Å². The third-order valence-corrected chi connectivity index (χ3v) is 6.51. The molecule has 0 aromatic heterocycles. The van der Waals surface area contributed by atoms with E-state index >= 15 is 0 Å². The normalized spacial score (nSPS) is 20.9. The molecule has 12 nitrogen and oxygen atoms in total. The Morgan fingerprint density at radius 3 is 2.13 bits per heavy atom. The van der Waals surface area contributed by atoms with Gasteiger partial charge in [-0.25, -0.2) is 0 Å². The zero-order chi connectivity index (χ0) is 27.8. The highest BCUT2D eigenvalue weighted by atomic mass is 16.3. The van der Waals surface area contributed by atoms with Gasteiger partial charge < -0.3 is 48.5 Å². The fraction of sp³-hybridized carbons (Fsp3) is 0.423. The molecule has 0 fully saturated rings. The molecule has 3 rings (SSSR count). The van der Waals surface area contributed by atoms with Crippen LogP contribution in [-0.2, 0) is 27.2 Å². The maximum absolute atomic E-state index is 13.3. The maximum atomic E-state index is 13.3. The van der Waals surface area contributed by atoms with Crippen molar-refractivity contribution in [3.8, 4) is 22.6 Å². The number of fused-ring (bicyclic) bond motifs is 5. The van der Waals surface area contributed by atoms with Gasteiger partial charge in [0.1, 0.15) is 23.6 Å². The molecule has 0 unspecified atom stereocenters. The van der Waals surface area contributed by atoms with Crippen LogP contribution in [0.15, 0.2) is 36.4 Å². The van der Waals surface area contributed by atoms with Gasteiger partial charge in [0.25, 0.3) is 0 Å². The number of nitrogens with two attached hydrogens (primary N) is 3. The summed E-state index contributed by atoms with van der Waals surface area (Å²) in [6, 6.07) is 5.68. The zero-order valence-corrected chi connectivity index (χ0v) is 21.0. The first kappa shape index (κ1) is 28.9. The summed E-state index contributed by atoms with van der Waals surface area (Å²) in [5.41, 5.74) is 19.5. The number of phenolic OH excluding ortho intramolecular Hbond substituents is 2. The number of hydrogen-bond donors (Lipinski definition) is 9. The standard InChI is InChI=1S/C26H36N6O6/c27-7-1-2-20-25(37)32-21(26(38)30-18(12-28)13-33)11-17-9-15(4-6-23(17)35)14-3-5-22(34)16(8-14)10-19(29)24(36)31-20/h3-6,8-9,18-21,33-35H,1-2,7,10-13,27-29H2,(H,30,38)(H,31,36)(H,32,37)/t18-,19-,20+,21+/m0/s1. The minimum absolute atomic E-state index is 0.00828. The fourth-order valence-electron chi connectivity index (χ4n) is 4.24. The molecule has 1 aliphatic rings. The van der Waals surface area contributed by atoms with Crippen LogP contribution in [0.3, 0.4) is 0 Å². The first-order chi connectivity index (χ1) is 18.2. The van der Waals surface area contributed by atoms with E-state index in [0.29, 0.717) is 28.7 Å².